The van der Waals surface area contributed by atoms with E-state index in [9.17, 15) is 0 Å². The van der Waals surface area contributed by atoms with E-state index in [4.69, 9.17) is 0 Å². The monoisotopic (exact) mass is 575 g/mol. The van der Waals surface area contributed by atoms with Gasteiger partial charge in [-0.05, 0) is 107 Å². The Kier molecular flexibility index (Phi) is 21.7. The molecule has 0 aromatic carbocycles. The molecule has 1 aliphatic heterocycles. The Morgan fingerprint density at radius 1 is 0.700 bits per heavy atom. The van der Waals surface area contributed by atoms with E-state index in [1.807, 2.05) is 49.4 Å². The molecule has 30 heavy (non-hydrogen) atoms. The number of nitrogens with zero attached hydrogens (tertiary/aromatic N) is 1. The Morgan fingerprint density at radius 3 is 1.27 bits per heavy atom. The third kappa shape index (κ3) is 12.3. The van der Waals surface area contributed by atoms with Crippen molar-refractivity contribution in [3.05, 3.63) is 85.4 Å². The van der Waals surface area contributed by atoms with Gasteiger partial charge in [-0.2, -0.15) is 0 Å². The van der Waals surface area contributed by atoms with Crippen molar-refractivity contribution in [2.24, 2.45) is 0 Å². The topological polar surface area (TPSA) is 3.24 Å². The molecule has 3 aliphatic rings. The molecule has 0 aromatic heterocycles. The molecule has 3 rings (SSSR count). The normalized spacial score (nSPS) is 23.6. The van der Waals surface area contributed by atoms with Gasteiger partial charge in [0.05, 0.1) is 0 Å². The van der Waals surface area contributed by atoms with Crippen LogP contribution in [-0.4, -0.2) is 25.5 Å². The smallest absolute Gasteiger partial charge is 2.00 e. The van der Waals surface area contributed by atoms with Gasteiger partial charge in [-0.1, -0.05) is 57.0 Å². The average molecular weight is 575 g/mol. The molecule has 15 radical (unpaired) electrons. The van der Waals surface area contributed by atoms with E-state index in [1.54, 1.807) is 5.66 Å². The summed E-state index contributed by atoms with van der Waals surface area (Å²) in [5.74, 6) is 10.3. The zero-order valence-corrected chi connectivity index (χ0v) is 24.4. The summed E-state index contributed by atoms with van der Waals surface area (Å²) in [6, 6.07) is 0. The first-order valence-electron chi connectivity index (χ1n) is 9.88. The molecule has 5 heteroatoms. The van der Waals surface area contributed by atoms with E-state index in [0.717, 1.165) is 0 Å². The van der Waals surface area contributed by atoms with Crippen molar-refractivity contribution in [1.29, 1.82) is 0 Å². The molecule has 0 amide bonds. The second-order valence-corrected chi connectivity index (χ2v) is 8.71. The van der Waals surface area contributed by atoms with Crippen LogP contribution in [0.4, 0.5) is 0 Å². The minimum atomic E-state index is 0. The Hall–Kier alpha value is 1.82. The van der Waals surface area contributed by atoms with Crippen molar-refractivity contribution in [3.8, 4) is 0 Å². The molecule has 3 fully saturated rings. The molecule has 1 heterocycles. The average Bonchev–Trinajstić information content (AvgIpc) is 3.43. The molecule has 1 saturated heterocycles. The maximum atomic E-state index is 4.57. The van der Waals surface area contributed by atoms with Crippen LogP contribution in [0.1, 0.15) is 54.9 Å². The molecule has 0 bridgehead atoms. The molecule has 2 saturated carbocycles. The molecular formula is C25H37ClFeNPRu+3. The van der Waals surface area contributed by atoms with Gasteiger partial charge in [0, 0.05) is 5.66 Å². The Balaban J connectivity index is 0. The van der Waals surface area contributed by atoms with Crippen molar-refractivity contribution < 1.29 is 34.4 Å². The molecule has 0 aromatic rings. The van der Waals surface area contributed by atoms with Crippen LogP contribution in [0, 0.1) is 85.4 Å². The first kappa shape index (κ1) is 34.0. The first-order chi connectivity index (χ1) is 13.7. The van der Waals surface area contributed by atoms with Gasteiger partial charge in [-0.3, -0.25) is 0 Å². The Labute approximate surface area is 217 Å². The number of halogens is 1. The number of rotatable bonds is 3. The van der Waals surface area contributed by atoms with Crippen LogP contribution in [0.25, 0.3) is 0 Å². The Morgan fingerprint density at radius 2 is 1.03 bits per heavy atom. The minimum absolute atomic E-state index is 0. The van der Waals surface area contributed by atoms with Crippen LogP contribution in [0.2, 0.25) is 0 Å². The van der Waals surface area contributed by atoms with Gasteiger partial charge in [0.25, 0.3) is 0 Å². The third-order valence-electron chi connectivity index (χ3n) is 5.60. The van der Waals surface area contributed by atoms with Crippen molar-refractivity contribution in [2.75, 3.05) is 20.6 Å². The summed E-state index contributed by atoms with van der Waals surface area (Å²) >= 11 is 1.82. The van der Waals surface area contributed by atoms with E-state index in [2.05, 4.69) is 83.3 Å². The number of hydrogen-bond acceptors (Lipinski definition) is 1. The molecule has 167 valence electrons. The standard InChI is InChI=1S/C10H17NP.C10H15.C5H5.ClH.Fe.Ru/c1-8-7-12-10(9(8)2)5-6-11(3)4;1-6-7(2)9(4)10(5)8(6)3;1-2-4-5-3-1;;;/h7H,5-6H2,1-4H3;1-5H3;1-5H;1H;;/q;;;;2*+2/p-1. The van der Waals surface area contributed by atoms with Gasteiger partial charge in [0.2, 0.25) is 0 Å². The van der Waals surface area contributed by atoms with Gasteiger partial charge in [0.1, 0.15) is 0 Å². The van der Waals surface area contributed by atoms with Crippen LogP contribution in [0.15, 0.2) is 0 Å². The van der Waals surface area contributed by atoms with Crippen molar-refractivity contribution in [2.45, 2.75) is 54.9 Å². The predicted molar refractivity (Wildman–Crippen MR) is 127 cm³/mol. The van der Waals surface area contributed by atoms with Gasteiger partial charge in [0.15, 0.2) is 0 Å². The molecule has 0 N–H and O–H groups in total. The summed E-state index contributed by atoms with van der Waals surface area (Å²) in [5, 5.41) is 0. The fraction of sp³-hybridized carbons (Fsp3) is 0.440. The van der Waals surface area contributed by atoms with Crippen LogP contribution in [0.5, 0.6) is 0 Å². The molecule has 2 aliphatic carbocycles. The fourth-order valence-corrected chi connectivity index (χ4v) is 4.05. The summed E-state index contributed by atoms with van der Waals surface area (Å²) in [4.78, 5) is 2.24. The summed E-state index contributed by atoms with van der Waals surface area (Å²) in [6.07, 6.45) is 13.5. The first-order valence-corrected chi connectivity index (χ1v) is 13.1. The quantitative estimate of drug-likeness (QED) is 0.250. The molecule has 0 spiro atoms. The summed E-state index contributed by atoms with van der Waals surface area (Å²) in [7, 11) is 10.2. The van der Waals surface area contributed by atoms with Crippen molar-refractivity contribution in [1.82, 2.24) is 4.90 Å². The maximum absolute atomic E-state index is 4.57. The Bertz CT molecular complexity index is 345. The summed E-state index contributed by atoms with van der Waals surface area (Å²) < 4.78 is 0. The van der Waals surface area contributed by atoms with Gasteiger partial charge >= 0.3 is 44.1 Å². The van der Waals surface area contributed by atoms with E-state index in [0.29, 0.717) is 0 Å². The van der Waals surface area contributed by atoms with Crippen molar-refractivity contribution >= 4 is 18.3 Å². The largest absolute Gasteiger partial charge is 2.00 e. The van der Waals surface area contributed by atoms with Crippen LogP contribution < -0.4 is 0 Å². The second kappa shape index (κ2) is 19.2. The zero-order chi connectivity index (χ0) is 22.6. The predicted octanol–water partition coefficient (Wildman–Crippen LogP) is 7.46. The van der Waals surface area contributed by atoms with Gasteiger partial charge < -0.3 is 4.90 Å². The van der Waals surface area contributed by atoms with E-state index >= 15 is 0 Å². The van der Waals surface area contributed by atoms with Crippen LogP contribution in [-0.2, 0) is 34.4 Å². The SMILES string of the molecule is C[C]1[CH][P][C](CCN(C)C)[C]1C.C[C]1[C](C)[C](C)[C](C)[C]1C.[CH]1[CH][CH][CH][CH]1.[Cl][Ru+].[Fe+2]. The third-order valence-corrected chi connectivity index (χ3v) is 6.99. The maximum Gasteiger partial charge on any atom is 2.00 e. The molecular weight excluding hydrogens is 538 g/mol. The van der Waals surface area contributed by atoms with Crippen LogP contribution in [0.3, 0.4) is 0 Å². The van der Waals surface area contributed by atoms with Crippen LogP contribution >= 0.6 is 18.3 Å². The molecule has 0 unspecified atom stereocenters. The minimum Gasteiger partial charge on any atom is 2.00 e. The van der Waals surface area contributed by atoms with E-state index in [-0.39, 0.29) is 17.1 Å². The molecule has 1 nitrogen and oxygen atoms in total. The molecule has 0 atom stereocenters. The van der Waals surface area contributed by atoms with Crippen molar-refractivity contribution in [3.63, 3.8) is 0 Å². The van der Waals surface area contributed by atoms with E-state index < -0.39 is 0 Å². The summed E-state index contributed by atoms with van der Waals surface area (Å²) in [6.45, 7) is 16.6. The van der Waals surface area contributed by atoms with E-state index in [1.165, 1.54) is 63.0 Å². The number of hydrogen-bond donors (Lipinski definition) is 0. The van der Waals surface area contributed by atoms with Gasteiger partial charge in [-0.15, -0.1) is 0 Å². The summed E-state index contributed by atoms with van der Waals surface area (Å²) in [5.41, 5.74) is 1.60. The second-order valence-electron chi connectivity index (χ2n) is 7.65. The zero-order valence-electron chi connectivity index (χ0n) is 19.9. The van der Waals surface area contributed by atoms with Gasteiger partial charge in [-0.25, -0.2) is 0 Å². The fourth-order valence-electron chi connectivity index (χ4n) is 2.90.